The first-order chi connectivity index (χ1) is 22.5. The highest BCUT2D eigenvalue weighted by Crippen LogP contribution is 2.18. The average Bonchev–Trinajstić information content (AvgIpc) is 3.07. The molecule has 46 heavy (non-hydrogen) atoms. The van der Waals surface area contributed by atoms with Crippen LogP contribution < -0.4 is 10.6 Å². The lowest BCUT2D eigenvalue weighted by Gasteiger charge is -2.07. The summed E-state index contributed by atoms with van der Waals surface area (Å²) < 4.78 is 0. The van der Waals surface area contributed by atoms with Crippen LogP contribution in [0, 0.1) is 45.3 Å². The summed E-state index contributed by atoms with van der Waals surface area (Å²) in [7, 11) is 0. The average molecular weight is 621 g/mol. The molecule has 2 N–H and O–H groups in total. The number of nitriles is 4. The van der Waals surface area contributed by atoms with Gasteiger partial charge in [-0.25, -0.2) is 0 Å². The molecule has 2 aromatic rings. The Morgan fingerprint density at radius 1 is 0.413 bits per heavy atom. The Morgan fingerprint density at radius 3 is 0.935 bits per heavy atom. The second-order valence-electron chi connectivity index (χ2n) is 11.9. The molecule has 0 atom stereocenters. The third kappa shape index (κ3) is 15.9. The van der Waals surface area contributed by atoms with Crippen LogP contribution in [-0.2, 0) is 9.59 Å². The first-order valence-electron chi connectivity index (χ1n) is 17.0. The molecule has 0 saturated carbocycles. The van der Waals surface area contributed by atoms with E-state index in [4.69, 9.17) is 21.0 Å². The fraction of sp³-hybridized carbons (Fsp3) is 0.526. The van der Waals surface area contributed by atoms with Gasteiger partial charge in [-0.05, 0) is 49.2 Å². The Kier molecular flexibility index (Phi) is 19.3. The van der Waals surface area contributed by atoms with Gasteiger partial charge in [0.1, 0.15) is 24.3 Å². The van der Waals surface area contributed by atoms with E-state index in [1.54, 1.807) is 36.4 Å². The monoisotopic (exact) mass is 620 g/mol. The molecule has 2 rings (SSSR count). The van der Waals surface area contributed by atoms with E-state index in [0.29, 0.717) is 35.3 Å². The van der Waals surface area contributed by atoms with E-state index in [1.807, 2.05) is 24.3 Å². The van der Waals surface area contributed by atoms with Crippen LogP contribution in [0.25, 0.3) is 0 Å². The first kappa shape index (κ1) is 37.5. The molecule has 0 aromatic heterocycles. The molecule has 0 unspecified atom stereocenters. The molecule has 8 heteroatoms. The fourth-order valence-electron chi connectivity index (χ4n) is 5.47. The molecule has 0 aliphatic heterocycles. The van der Waals surface area contributed by atoms with Crippen LogP contribution in [0.4, 0.5) is 11.4 Å². The smallest absolute Gasteiger partial charge is 0.224 e. The summed E-state index contributed by atoms with van der Waals surface area (Å²) in [6.07, 6.45) is 22.5. The van der Waals surface area contributed by atoms with E-state index in [-0.39, 0.29) is 22.9 Å². The maximum absolute atomic E-state index is 12.2. The van der Waals surface area contributed by atoms with Gasteiger partial charge >= 0.3 is 0 Å². The van der Waals surface area contributed by atoms with Crippen molar-refractivity contribution in [3.05, 3.63) is 58.7 Å². The Hall–Kier alpha value is -4.66. The number of carbonyl (C=O) groups is 2. The van der Waals surface area contributed by atoms with Crippen molar-refractivity contribution >= 4 is 23.2 Å². The molecule has 2 amide bonds. The summed E-state index contributed by atoms with van der Waals surface area (Å²) in [6, 6.07) is 17.5. The van der Waals surface area contributed by atoms with Gasteiger partial charge in [0.25, 0.3) is 0 Å². The van der Waals surface area contributed by atoms with Gasteiger partial charge in [-0.15, -0.1) is 0 Å². The van der Waals surface area contributed by atoms with Crippen molar-refractivity contribution in [2.75, 3.05) is 10.6 Å². The number of hydrogen-bond acceptors (Lipinski definition) is 6. The zero-order chi connectivity index (χ0) is 33.2. The lowest BCUT2D eigenvalue weighted by atomic mass is 10.0. The van der Waals surface area contributed by atoms with Gasteiger partial charge in [-0.2, -0.15) is 21.0 Å². The van der Waals surface area contributed by atoms with Crippen LogP contribution in [0.1, 0.15) is 151 Å². The Balaban J connectivity index is 1.31. The molecular weight excluding hydrogens is 572 g/mol. The molecule has 8 nitrogen and oxygen atoms in total. The van der Waals surface area contributed by atoms with E-state index in [1.165, 1.54) is 77.0 Å². The van der Waals surface area contributed by atoms with Crippen molar-refractivity contribution in [2.24, 2.45) is 0 Å². The third-order valence-electron chi connectivity index (χ3n) is 8.15. The summed E-state index contributed by atoms with van der Waals surface area (Å²) in [4.78, 5) is 24.3. The van der Waals surface area contributed by atoms with Crippen LogP contribution in [0.2, 0.25) is 0 Å². The van der Waals surface area contributed by atoms with Crippen molar-refractivity contribution in [2.45, 2.75) is 128 Å². The summed E-state index contributed by atoms with van der Waals surface area (Å²) in [5, 5.41) is 41.8. The summed E-state index contributed by atoms with van der Waals surface area (Å²) in [5.74, 6) is -0.105. The maximum atomic E-state index is 12.2. The summed E-state index contributed by atoms with van der Waals surface area (Å²) in [6.45, 7) is 0. The lowest BCUT2D eigenvalue weighted by molar-refractivity contribution is -0.117. The summed E-state index contributed by atoms with van der Waals surface area (Å²) >= 11 is 0. The Bertz CT molecular complexity index is 1300. The van der Waals surface area contributed by atoms with E-state index < -0.39 is 0 Å². The van der Waals surface area contributed by atoms with Gasteiger partial charge in [0.05, 0.1) is 22.3 Å². The normalized spacial score (nSPS) is 10.3. The van der Waals surface area contributed by atoms with E-state index in [2.05, 4.69) is 10.6 Å². The van der Waals surface area contributed by atoms with Gasteiger partial charge in [0.2, 0.25) is 11.8 Å². The number of nitrogens with zero attached hydrogens (tertiary/aromatic N) is 4. The first-order valence-corrected chi connectivity index (χ1v) is 17.0. The second-order valence-corrected chi connectivity index (χ2v) is 11.9. The predicted molar refractivity (Wildman–Crippen MR) is 181 cm³/mol. The minimum absolute atomic E-state index is 0.0527. The summed E-state index contributed by atoms with van der Waals surface area (Å²) in [5.41, 5.74) is 2.30. The molecule has 0 heterocycles. The zero-order valence-corrected chi connectivity index (χ0v) is 27.2. The molecule has 0 saturated heterocycles. The minimum Gasteiger partial charge on any atom is -0.326 e. The number of carbonyl (C=O) groups excluding carboxylic acids is 2. The van der Waals surface area contributed by atoms with Crippen LogP contribution in [-0.4, -0.2) is 11.8 Å². The molecule has 0 fully saturated rings. The van der Waals surface area contributed by atoms with Gasteiger partial charge in [-0.1, -0.05) is 103 Å². The highest BCUT2D eigenvalue weighted by molar-refractivity contribution is 5.91. The molecule has 0 bridgehead atoms. The third-order valence-corrected chi connectivity index (χ3v) is 8.15. The second kappa shape index (κ2) is 23.7. The van der Waals surface area contributed by atoms with E-state index in [9.17, 15) is 9.59 Å². The predicted octanol–water partition coefficient (Wildman–Crippen LogP) is 9.55. The Morgan fingerprint density at radius 2 is 0.674 bits per heavy atom. The van der Waals surface area contributed by atoms with E-state index >= 15 is 0 Å². The number of benzene rings is 2. The molecule has 0 radical (unpaired) electrons. The van der Waals surface area contributed by atoms with Crippen LogP contribution in [0.3, 0.4) is 0 Å². The van der Waals surface area contributed by atoms with Crippen LogP contribution >= 0.6 is 0 Å². The Labute approximate surface area is 275 Å². The molecule has 0 spiro atoms. The van der Waals surface area contributed by atoms with Crippen molar-refractivity contribution < 1.29 is 9.59 Å². The lowest BCUT2D eigenvalue weighted by Crippen LogP contribution is -2.11. The topological polar surface area (TPSA) is 153 Å². The minimum atomic E-state index is -0.0527. The zero-order valence-electron chi connectivity index (χ0n) is 27.2. The highest BCUT2D eigenvalue weighted by Gasteiger charge is 2.08. The van der Waals surface area contributed by atoms with Gasteiger partial charge < -0.3 is 10.6 Å². The maximum Gasteiger partial charge on any atom is 0.224 e. The number of unbranched alkanes of at least 4 members (excludes halogenated alkanes) is 17. The number of nitrogens with one attached hydrogen (secondary N) is 2. The van der Waals surface area contributed by atoms with Crippen molar-refractivity contribution in [3.8, 4) is 24.3 Å². The molecular formula is C38H48N6O2. The molecule has 242 valence electrons. The highest BCUT2D eigenvalue weighted by atomic mass is 16.2. The standard InChI is InChI=1S/C38H48N6O2/c39-27-31-21-23-35(25-33(31)29-41)43-37(45)19-17-15-13-11-9-7-5-3-1-2-4-6-8-10-12-14-16-18-20-38(46)44-36-24-22-32(28-40)34(26-36)30-42/h21-26H,1-20H2,(H,43,45)(H,44,46). The molecule has 0 aliphatic carbocycles. The molecule has 0 aliphatic rings. The molecule has 2 aromatic carbocycles. The van der Waals surface area contributed by atoms with Crippen molar-refractivity contribution in [1.29, 1.82) is 21.0 Å². The fourth-order valence-corrected chi connectivity index (χ4v) is 5.47. The largest absolute Gasteiger partial charge is 0.326 e. The number of amides is 2. The number of anilines is 2. The van der Waals surface area contributed by atoms with Gasteiger partial charge in [-0.3, -0.25) is 9.59 Å². The van der Waals surface area contributed by atoms with Crippen LogP contribution in [0.5, 0.6) is 0 Å². The van der Waals surface area contributed by atoms with Crippen molar-refractivity contribution in [1.82, 2.24) is 0 Å². The number of hydrogen-bond donors (Lipinski definition) is 2. The van der Waals surface area contributed by atoms with Crippen LogP contribution in [0.15, 0.2) is 36.4 Å². The quantitative estimate of drug-likeness (QED) is 0.118. The SMILES string of the molecule is N#Cc1ccc(NC(=O)CCCCCCCCCCCCCCCCCCCCC(=O)Nc2ccc(C#N)c(C#N)c2)cc1C#N. The van der Waals surface area contributed by atoms with Gasteiger partial charge in [0, 0.05) is 24.2 Å². The van der Waals surface area contributed by atoms with E-state index in [0.717, 1.165) is 38.5 Å². The van der Waals surface area contributed by atoms with Crippen molar-refractivity contribution in [3.63, 3.8) is 0 Å². The number of rotatable bonds is 23. The van der Waals surface area contributed by atoms with Gasteiger partial charge in [0.15, 0.2) is 0 Å².